The van der Waals surface area contributed by atoms with Gasteiger partial charge >= 0.3 is 12.2 Å². The first-order valence-corrected chi connectivity index (χ1v) is 14.2. The van der Waals surface area contributed by atoms with Crippen LogP contribution < -0.4 is 10.8 Å². The molecule has 2 aromatic heterocycles. The van der Waals surface area contributed by atoms with Gasteiger partial charge in [0.25, 0.3) is 11.8 Å². The average molecular weight is 599 g/mol. The van der Waals surface area contributed by atoms with Crippen molar-refractivity contribution in [1.29, 1.82) is 0 Å². The van der Waals surface area contributed by atoms with Crippen molar-refractivity contribution in [2.24, 2.45) is 4.99 Å². The Kier molecular flexibility index (Phi) is 9.05. The Morgan fingerprint density at radius 2 is 1.90 bits per heavy atom. The number of hydrogen-bond donors (Lipinski definition) is 1. The maximum atomic E-state index is 13.6. The largest absolute Gasteiger partial charge is 0.443 e. The highest BCUT2D eigenvalue weighted by Crippen LogP contribution is 2.24. The highest BCUT2D eigenvalue weighted by atomic mass is 35.5. The molecule has 1 aromatic carbocycles. The fraction of sp³-hybridized carbons (Fsp3) is 0.448. The number of halogens is 1. The highest BCUT2D eigenvalue weighted by molar-refractivity contribution is 6.17. The van der Waals surface area contributed by atoms with Gasteiger partial charge in [0.15, 0.2) is 11.6 Å². The van der Waals surface area contributed by atoms with E-state index in [0.717, 1.165) is 27.9 Å². The first-order chi connectivity index (χ1) is 19.8. The molecule has 224 valence electrons. The number of carbonyl (C=O) groups excluding carboxylic acids is 4. The lowest BCUT2D eigenvalue weighted by molar-refractivity contribution is 0.0526. The molecule has 0 aliphatic heterocycles. The molecule has 0 spiro atoms. The minimum absolute atomic E-state index is 0.109. The molecule has 3 amide bonds. The van der Waals surface area contributed by atoms with Crippen LogP contribution in [0.5, 0.6) is 0 Å². The summed E-state index contributed by atoms with van der Waals surface area (Å²) in [5.74, 6) is -0.819. The zero-order chi connectivity index (χ0) is 30.8. The first kappa shape index (κ1) is 30.8. The van der Waals surface area contributed by atoms with E-state index in [1.807, 2.05) is 13.8 Å². The van der Waals surface area contributed by atoms with Crippen molar-refractivity contribution in [2.45, 2.75) is 72.4 Å². The van der Waals surface area contributed by atoms with Gasteiger partial charge in [-0.15, -0.1) is 0 Å². The second kappa shape index (κ2) is 12.4. The molecule has 1 fully saturated rings. The molecule has 0 atom stereocenters. The minimum Gasteiger partial charge on any atom is -0.443 e. The molecule has 42 heavy (non-hydrogen) atoms. The van der Waals surface area contributed by atoms with E-state index in [4.69, 9.17) is 26.1 Å². The maximum absolute atomic E-state index is 13.6. The Morgan fingerprint density at radius 1 is 1.19 bits per heavy atom. The number of ether oxygens (including phenoxy) is 2. The van der Waals surface area contributed by atoms with Crippen LogP contribution in [-0.4, -0.2) is 67.3 Å². The summed E-state index contributed by atoms with van der Waals surface area (Å²) in [6, 6.07) is 4.93. The van der Waals surface area contributed by atoms with Crippen LogP contribution in [0.3, 0.4) is 0 Å². The van der Waals surface area contributed by atoms with E-state index in [-0.39, 0.29) is 29.5 Å². The summed E-state index contributed by atoms with van der Waals surface area (Å²) in [6.45, 7) is 10.7. The van der Waals surface area contributed by atoms with Gasteiger partial charge in [0.1, 0.15) is 17.4 Å². The predicted molar refractivity (Wildman–Crippen MR) is 155 cm³/mol. The summed E-state index contributed by atoms with van der Waals surface area (Å²) in [5, 5.41) is 7.31. The van der Waals surface area contributed by atoms with Crippen molar-refractivity contribution in [3.63, 3.8) is 0 Å². The quantitative estimate of drug-likeness (QED) is 0.384. The summed E-state index contributed by atoms with van der Waals surface area (Å²) in [5.41, 5.74) is 1.85. The number of amides is 3. The lowest BCUT2D eigenvalue weighted by Crippen LogP contribution is -2.38. The number of imide groups is 1. The van der Waals surface area contributed by atoms with Crippen molar-refractivity contribution < 1.29 is 28.7 Å². The second-order valence-corrected chi connectivity index (χ2v) is 11.3. The van der Waals surface area contributed by atoms with E-state index in [0.29, 0.717) is 28.8 Å². The van der Waals surface area contributed by atoms with Crippen molar-refractivity contribution in [3.8, 4) is 0 Å². The lowest BCUT2D eigenvalue weighted by atomic mass is 10.1. The van der Waals surface area contributed by atoms with Gasteiger partial charge in [-0.3, -0.25) is 9.59 Å². The molecule has 0 bridgehead atoms. The molecule has 1 saturated carbocycles. The van der Waals surface area contributed by atoms with E-state index in [1.54, 1.807) is 45.9 Å². The van der Waals surface area contributed by atoms with Crippen LogP contribution in [0.2, 0.25) is 0 Å². The molecule has 1 aliphatic carbocycles. The zero-order valence-corrected chi connectivity index (χ0v) is 25.3. The number of hydrogen-bond acceptors (Lipinski definition) is 8. The highest BCUT2D eigenvalue weighted by Gasteiger charge is 2.29. The van der Waals surface area contributed by atoms with Crippen LogP contribution >= 0.6 is 11.6 Å². The number of nitrogens with zero attached hydrogens (tertiary/aromatic N) is 5. The van der Waals surface area contributed by atoms with E-state index >= 15 is 0 Å². The summed E-state index contributed by atoms with van der Waals surface area (Å²) < 4.78 is 13.1. The summed E-state index contributed by atoms with van der Waals surface area (Å²) >= 11 is 5.57. The van der Waals surface area contributed by atoms with Gasteiger partial charge in [0, 0.05) is 24.3 Å². The molecule has 1 aliphatic rings. The predicted octanol–water partition coefficient (Wildman–Crippen LogP) is 4.85. The van der Waals surface area contributed by atoms with E-state index < -0.39 is 29.8 Å². The standard InChI is InChI=1S/C29H35ClN6O6/c1-7-12-34(27(39)41-15-30)26(38)21-14-36-23(18(21)3)24(35(16-31-36)28(40)42-29(4,5)6)33-22-13-19(9-8-17(22)2)25(37)32-20-10-11-20/h8-9,13-14,16,20H,7,10-12,15H2,1-6H3,(H,32,37)/b33-24-. The Hall–Kier alpha value is -4.19. The van der Waals surface area contributed by atoms with E-state index in [9.17, 15) is 19.2 Å². The lowest BCUT2D eigenvalue weighted by Gasteiger charge is -2.20. The van der Waals surface area contributed by atoms with E-state index in [1.165, 1.54) is 17.0 Å². The Bertz CT molecular complexity index is 1610. The van der Waals surface area contributed by atoms with Crippen LogP contribution in [0.4, 0.5) is 15.3 Å². The third-order valence-electron chi connectivity index (χ3n) is 6.49. The first-order valence-electron chi connectivity index (χ1n) is 13.7. The van der Waals surface area contributed by atoms with Crippen molar-refractivity contribution in [3.05, 3.63) is 58.5 Å². The number of fused-ring (bicyclic) bond motifs is 1. The van der Waals surface area contributed by atoms with Gasteiger partial charge in [-0.05, 0) is 77.1 Å². The van der Waals surface area contributed by atoms with Gasteiger partial charge in [0.05, 0.1) is 11.3 Å². The smallest absolute Gasteiger partial charge is 0.421 e. The molecule has 4 rings (SSSR count). The van der Waals surface area contributed by atoms with Crippen LogP contribution in [0, 0.1) is 13.8 Å². The number of aromatic nitrogens is 3. The molecule has 12 nitrogen and oxygen atoms in total. The van der Waals surface area contributed by atoms with Crippen molar-refractivity contribution in [2.75, 3.05) is 12.6 Å². The topological polar surface area (TPSA) is 137 Å². The Labute approximate surface area is 248 Å². The monoisotopic (exact) mass is 598 g/mol. The summed E-state index contributed by atoms with van der Waals surface area (Å²) in [6.07, 6.45) is 3.51. The molecule has 3 aromatic rings. The number of alkyl halides is 1. The number of benzene rings is 1. The Morgan fingerprint density at radius 3 is 2.52 bits per heavy atom. The molecule has 0 radical (unpaired) electrons. The van der Waals surface area contributed by atoms with Gasteiger partial charge in [-0.2, -0.15) is 5.10 Å². The number of carbonyl (C=O) groups is 4. The van der Waals surface area contributed by atoms with Gasteiger partial charge in [-0.25, -0.2) is 28.6 Å². The molecule has 0 saturated heterocycles. The van der Waals surface area contributed by atoms with Crippen LogP contribution in [-0.2, 0) is 9.47 Å². The SMILES string of the molecule is CCCN(C(=O)OCCl)C(=O)c1cn2ncn(C(=O)OC(C)(C)C)/c(=N\c3cc(C(=O)NC4CC4)ccc3C)c2c1C. The molecular formula is C29H35ClN6O6. The van der Waals surface area contributed by atoms with Crippen LogP contribution in [0.1, 0.15) is 78.8 Å². The number of nitrogens with one attached hydrogen (secondary N) is 1. The van der Waals surface area contributed by atoms with Gasteiger partial charge in [0.2, 0.25) is 0 Å². The zero-order valence-electron chi connectivity index (χ0n) is 24.6. The second-order valence-electron chi connectivity index (χ2n) is 11.1. The van der Waals surface area contributed by atoms with Crippen LogP contribution in [0.25, 0.3) is 5.52 Å². The van der Waals surface area contributed by atoms with Crippen molar-refractivity contribution >= 4 is 46.8 Å². The molecule has 13 heteroatoms. The summed E-state index contributed by atoms with van der Waals surface area (Å²) in [4.78, 5) is 58.0. The third kappa shape index (κ3) is 6.81. The maximum Gasteiger partial charge on any atom is 0.421 e. The molecule has 1 N–H and O–H groups in total. The minimum atomic E-state index is -0.870. The van der Waals surface area contributed by atoms with E-state index in [2.05, 4.69) is 10.4 Å². The number of aryl methyl sites for hydroxylation is 2. The van der Waals surface area contributed by atoms with Crippen molar-refractivity contribution in [1.82, 2.24) is 24.4 Å². The normalized spacial score (nSPS) is 13.6. The van der Waals surface area contributed by atoms with Gasteiger partial charge < -0.3 is 14.8 Å². The van der Waals surface area contributed by atoms with Gasteiger partial charge in [-0.1, -0.05) is 24.6 Å². The summed E-state index contributed by atoms with van der Waals surface area (Å²) in [7, 11) is 0. The fourth-order valence-electron chi connectivity index (χ4n) is 4.24. The average Bonchev–Trinajstić information content (AvgIpc) is 3.67. The fourth-order valence-corrected chi connectivity index (χ4v) is 4.33. The third-order valence-corrected chi connectivity index (χ3v) is 6.60. The molecule has 0 unspecified atom stereocenters. The molecule has 2 heterocycles. The number of rotatable bonds is 7. The molecular weight excluding hydrogens is 564 g/mol. The van der Waals surface area contributed by atoms with Crippen LogP contribution in [0.15, 0.2) is 35.7 Å². The Balaban J connectivity index is 1.93.